The number of hydrogen-bond donors (Lipinski definition) is 0. The highest BCUT2D eigenvalue weighted by molar-refractivity contribution is 6.30. The fraction of sp³-hybridized carbons (Fsp3) is 0.150. The topological polar surface area (TPSA) is 63.7 Å². The quantitative estimate of drug-likeness (QED) is 0.530. The van der Waals surface area contributed by atoms with Crippen molar-refractivity contribution in [2.24, 2.45) is 0 Å². The first-order valence-corrected chi connectivity index (χ1v) is 7.86. The van der Waals surface area contributed by atoms with Gasteiger partial charge in [-0.2, -0.15) is 0 Å². The average molecular weight is 335 g/mol. The van der Waals surface area contributed by atoms with Crippen LogP contribution in [0.25, 0.3) is 0 Å². The maximum Gasteiger partial charge on any atom is 0.330 e. The van der Waals surface area contributed by atoms with E-state index in [0.29, 0.717) is 34.5 Å². The summed E-state index contributed by atoms with van der Waals surface area (Å²) in [5.74, 6) is -0.821. The Morgan fingerprint density at radius 3 is 2.36 bits per heavy atom. The molecule has 0 aromatic heterocycles. The normalized spacial score (nSPS) is 12.2. The third-order valence-corrected chi connectivity index (χ3v) is 4.18. The lowest BCUT2D eigenvalue weighted by molar-refractivity contribution is -0.137. The largest absolute Gasteiger partial charge is 0.461 e. The van der Waals surface area contributed by atoms with Crippen molar-refractivity contribution >= 4 is 23.2 Å². The molecule has 0 radical (unpaired) electrons. The Kier molecular flexibility index (Phi) is 4.48. The van der Waals surface area contributed by atoms with Gasteiger partial charge in [-0.05, 0) is 6.07 Å². The van der Waals surface area contributed by atoms with Crippen molar-refractivity contribution in [3.8, 4) is 0 Å². The predicted octanol–water partition coefficient (Wildman–Crippen LogP) is 2.63. The molecule has 1 aliphatic carbocycles. The number of ether oxygens (including phenoxy) is 1. The Balaban J connectivity index is 1.94. The molecule has 1 aliphatic rings. The van der Waals surface area contributed by atoms with Gasteiger partial charge in [0, 0.05) is 35.5 Å². The second kappa shape index (κ2) is 6.73. The summed E-state index contributed by atoms with van der Waals surface area (Å²) in [4.78, 5) is 38.6. The molecule has 2 aromatic rings. The van der Waals surface area contributed by atoms with Crippen LogP contribution in [0.2, 0.25) is 0 Å². The summed E-state index contributed by atoms with van der Waals surface area (Å²) in [6.07, 6.45) is 1.10. The lowest BCUT2D eigenvalue weighted by atomic mass is 9.83. The summed E-state index contributed by atoms with van der Waals surface area (Å²) in [5.41, 5.74) is 2.28. The molecule has 2 aromatic carbocycles. The molecule has 0 amide bonds. The molecule has 0 unspecified atom stereocenters. The van der Waals surface area contributed by atoms with Crippen molar-refractivity contribution in [3.05, 3.63) is 77.4 Å². The van der Waals surface area contributed by atoms with Gasteiger partial charge in [-0.15, -0.1) is 0 Å². The lowest BCUT2D eigenvalue weighted by Crippen LogP contribution is -2.28. The Bertz CT molecular complexity index is 885. The lowest BCUT2D eigenvalue weighted by Gasteiger charge is -2.26. The zero-order valence-electron chi connectivity index (χ0n) is 13.8. The minimum atomic E-state index is -0.497. The Hall–Kier alpha value is -3.21. The van der Waals surface area contributed by atoms with Gasteiger partial charge in [0.15, 0.2) is 11.6 Å². The molecule has 0 atom stereocenters. The highest BCUT2D eigenvalue weighted by Crippen LogP contribution is 2.33. The van der Waals surface area contributed by atoms with E-state index in [1.54, 1.807) is 54.4 Å². The third kappa shape index (κ3) is 2.96. The predicted molar refractivity (Wildman–Crippen MR) is 94.2 cm³/mol. The molecule has 0 aliphatic heterocycles. The van der Waals surface area contributed by atoms with Crippen LogP contribution in [-0.4, -0.2) is 37.7 Å². The fourth-order valence-electron chi connectivity index (χ4n) is 2.91. The smallest absolute Gasteiger partial charge is 0.330 e. The summed E-state index contributed by atoms with van der Waals surface area (Å²) in [7, 11) is 1.79. The summed E-state index contributed by atoms with van der Waals surface area (Å²) in [6.45, 7) is 3.89. The number of carbonyl (C=O) groups excluding carboxylic acids is 3. The van der Waals surface area contributed by atoms with Gasteiger partial charge in [-0.1, -0.05) is 43.0 Å². The van der Waals surface area contributed by atoms with Gasteiger partial charge in [0.1, 0.15) is 6.61 Å². The van der Waals surface area contributed by atoms with Gasteiger partial charge < -0.3 is 9.64 Å². The molecule has 0 saturated carbocycles. The number of benzene rings is 2. The van der Waals surface area contributed by atoms with E-state index in [1.165, 1.54) is 0 Å². The number of ketones is 2. The molecule has 25 heavy (non-hydrogen) atoms. The van der Waals surface area contributed by atoms with Crippen LogP contribution in [0, 0.1) is 0 Å². The molecule has 0 N–H and O–H groups in total. The van der Waals surface area contributed by atoms with Crippen LogP contribution in [0.15, 0.2) is 55.1 Å². The minimum absolute atomic E-state index is 0.154. The van der Waals surface area contributed by atoms with Crippen molar-refractivity contribution < 1.29 is 19.1 Å². The zero-order chi connectivity index (χ0) is 18.0. The first-order valence-electron chi connectivity index (χ1n) is 7.86. The van der Waals surface area contributed by atoms with Gasteiger partial charge in [-0.25, -0.2) is 4.79 Å². The average Bonchev–Trinajstić information content (AvgIpc) is 2.65. The molecule has 5 heteroatoms. The van der Waals surface area contributed by atoms with Crippen LogP contribution < -0.4 is 4.90 Å². The number of rotatable bonds is 5. The summed E-state index contributed by atoms with van der Waals surface area (Å²) < 4.78 is 4.98. The number of fused-ring (bicyclic) bond motifs is 2. The minimum Gasteiger partial charge on any atom is -0.461 e. The van der Waals surface area contributed by atoms with Crippen molar-refractivity contribution in [1.29, 1.82) is 0 Å². The molecule has 3 rings (SSSR count). The number of nitrogens with zero attached hydrogens (tertiary/aromatic N) is 1. The van der Waals surface area contributed by atoms with Crippen LogP contribution in [0.4, 0.5) is 5.69 Å². The van der Waals surface area contributed by atoms with Crippen LogP contribution in [-0.2, 0) is 9.53 Å². The van der Waals surface area contributed by atoms with E-state index in [-0.39, 0.29) is 18.2 Å². The van der Waals surface area contributed by atoms with E-state index in [9.17, 15) is 14.4 Å². The van der Waals surface area contributed by atoms with Gasteiger partial charge in [0.05, 0.1) is 12.1 Å². The van der Waals surface area contributed by atoms with E-state index >= 15 is 0 Å². The van der Waals surface area contributed by atoms with Gasteiger partial charge in [0.25, 0.3) is 0 Å². The highest BCUT2D eigenvalue weighted by Gasteiger charge is 2.31. The molecular weight excluding hydrogens is 318 g/mol. The van der Waals surface area contributed by atoms with E-state index in [1.807, 2.05) is 0 Å². The summed E-state index contributed by atoms with van der Waals surface area (Å²) >= 11 is 0. The SMILES string of the molecule is C=CC(=O)OCCN(C)c1cccc2c1C(=O)c1ccccc1C2=O. The van der Waals surface area contributed by atoms with E-state index in [4.69, 9.17) is 4.74 Å². The van der Waals surface area contributed by atoms with Crippen LogP contribution in [0.5, 0.6) is 0 Å². The maximum absolute atomic E-state index is 12.9. The van der Waals surface area contributed by atoms with Crippen LogP contribution >= 0.6 is 0 Å². The van der Waals surface area contributed by atoms with Crippen molar-refractivity contribution in [2.75, 3.05) is 25.1 Å². The zero-order valence-corrected chi connectivity index (χ0v) is 13.8. The van der Waals surface area contributed by atoms with Gasteiger partial charge in [0.2, 0.25) is 0 Å². The third-order valence-electron chi connectivity index (χ3n) is 4.18. The molecular formula is C20H17NO4. The second-order valence-corrected chi connectivity index (χ2v) is 5.70. The summed E-state index contributed by atoms with van der Waals surface area (Å²) in [6, 6.07) is 12.0. The number of likely N-dealkylation sites (N-methyl/N-ethyl adjacent to an activating group) is 1. The number of anilines is 1. The Morgan fingerprint density at radius 2 is 1.68 bits per heavy atom. The standard InChI is InChI=1S/C20H17NO4/c1-3-17(22)25-12-11-21(2)16-10-6-9-15-18(16)20(24)14-8-5-4-7-13(14)19(15)23/h3-10H,1,11-12H2,2H3. The molecule has 126 valence electrons. The first kappa shape index (κ1) is 16.6. The van der Waals surface area contributed by atoms with E-state index in [2.05, 4.69) is 6.58 Å². The molecule has 0 bridgehead atoms. The number of carbonyl (C=O) groups is 3. The molecule has 0 heterocycles. The second-order valence-electron chi connectivity index (χ2n) is 5.70. The van der Waals surface area contributed by atoms with Gasteiger partial charge in [-0.3, -0.25) is 9.59 Å². The fourth-order valence-corrected chi connectivity index (χ4v) is 2.91. The van der Waals surface area contributed by atoms with Crippen LogP contribution in [0.3, 0.4) is 0 Å². The summed E-state index contributed by atoms with van der Waals surface area (Å²) in [5, 5.41) is 0. The van der Waals surface area contributed by atoms with Crippen molar-refractivity contribution in [1.82, 2.24) is 0 Å². The maximum atomic E-state index is 12.9. The van der Waals surface area contributed by atoms with E-state index in [0.717, 1.165) is 6.08 Å². The van der Waals surface area contributed by atoms with Gasteiger partial charge >= 0.3 is 5.97 Å². The van der Waals surface area contributed by atoms with E-state index < -0.39 is 5.97 Å². The molecule has 0 fully saturated rings. The van der Waals surface area contributed by atoms with Crippen molar-refractivity contribution in [2.45, 2.75) is 0 Å². The Labute approximate surface area is 145 Å². The molecule has 5 nitrogen and oxygen atoms in total. The Morgan fingerprint density at radius 1 is 1.04 bits per heavy atom. The van der Waals surface area contributed by atoms with Crippen LogP contribution in [0.1, 0.15) is 31.8 Å². The van der Waals surface area contributed by atoms with Crippen molar-refractivity contribution in [3.63, 3.8) is 0 Å². The highest BCUT2D eigenvalue weighted by atomic mass is 16.5. The first-order chi connectivity index (χ1) is 12.0. The monoisotopic (exact) mass is 335 g/mol. The molecule has 0 spiro atoms. The number of esters is 1. The molecule has 0 saturated heterocycles. The number of hydrogen-bond acceptors (Lipinski definition) is 5.